The van der Waals surface area contributed by atoms with Crippen LogP contribution in [0.3, 0.4) is 0 Å². The van der Waals surface area contributed by atoms with Gasteiger partial charge >= 0.3 is 0 Å². The highest BCUT2D eigenvalue weighted by molar-refractivity contribution is 6.11. The largest absolute Gasteiger partial charge is 0.457 e. The van der Waals surface area contributed by atoms with E-state index in [0.29, 0.717) is 5.56 Å². The van der Waals surface area contributed by atoms with Gasteiger partial charge in [-0.3, -0.25) is 9.98 Å². The van der Waals surface area contributed by atoms with Gasteiger partial charge in [-0.25, -0.2) is 0 Å². The van der Waals surface area contributed by atoms with E-state index in [2.05, 4.69) is 158 Å². The van der Waals surface area contributed by atoms with Crippen molar-refractivity contribution in [3.05, 3.63) is 227 Å². The van der Waals surface area contributed by atoms with Crippen LogP contribution in [0.25, 0.3) is 22.3 Å². The number of benzene rings is 6. The average Bonchev–Trinajstić information content (AvgIpc) is 3.25. The molecule has 0 saturated carbocycles. The average molecular weight is 692 g/mol. The molecule has 0 amide bonds. The molecule has 254 valence electrons. The van der Waals surface area contributed by atoms with E-state index in [-0.39, 0.29) is 12.1 Å². The molecule has 6 aromatic rings. The third-order valence-electron chi connectivity index (χ3n) is 11.0. The zero-order valence-corrected chi connectivity index (χ0v) is 29.3. The van der Waals surface area contributed by atoms with Crippen LogP contribution in [0.1, 0.15) is 33.4 Å². The molecule has 0 spiro atoms. The first-order chi connectivity index (χ1) is 26.7. The first kappa shape index (κ1) is 31.6. The third-order valence-corrected chi connectivity index (χ3v) is 11.0. The number of para-hydroxylation sites is 1. The quantitative estimate of drug-likeness (QED) is 0.180. The molecule has 3 aliphatic heterocycles. The number of ether oxygens (including phenoxy) is 1. The Morgan fingerprint density at radius 1 is 0.537 bits per heavy atom. The summed E-state index contributed by atoms with van der Waals surface area (Å²) in [5.74, 6) is 1.65. The van der Waals surface area contributed by atoms with Crippen LogP contribution in [-0.2, 0) is 5.41 Å². The molecule has 1 aliphatic carbocycles. The fourth-order valence-corrected chi connectivity index (χ4v) is 8.48. The third kappa shape index (κ3) is 5.13. The Morgan fingerprint density at radius 3 is 1.96 bits per heavy atom. The van der Waals surface area contributed by atoms with Gasteiger partial charge in [-0.15, -0.1) is 0 Å². The number of fused-ring (bicyclic) bond motifs is 5. The molecule has 4 aliphatic rings. The molecule has 3 heterocycles. The SMILES string of the molecule is N#Cc1cccc(-c2cc(C3=NC4C(=CC=C5C=CC=NC54)C=C3)cc(-c3ccc4c(c3)Oc3ccccc3C4(c3ccccc3)c3ccccc3)c2)c1. The van der Waals surface area contributed by atoms with E-state index in [0.717, 1.165) is 61.7 Å². The molecule has 0 N–H and O–H groups in total. The molecule has 54 heavy (non-hydrogen) atoms. The Bertz CT molecular complexity index is 2670. The number of aliphatic imine (C=N–C) groups is 2. The molecule has 10 rings (SSSR count). The number of hydrogen-bond acceptors (Lipinski definition) is 4. The zero-order valence-electron chi connectivity index (χ0n) is 29.3. The molecular formula is C50H33N3O. The highest BCUT2D eigenvalue weighted by Gasteiger charge is 2.45. The zero-order chi connectivity index (χ0) is 36.1. The van der Waals surface area contributed by atoms with Gasteiger partial charge in [0.2, 0.25) is 0 Å². The van der Waals surface area contributed by atoms with Crippen molar-refractivity contribution in [2.75, 3.05) is 0 Å². The lowest BCUT2D eigenvalue weighted by Gasteiger charge is -2.41. The molecule has 0 aromatic heterocycles. The van der Waals surface area contributed by atoms with E-state index in [1.165, 1.54) is 16.7 Å². The Balaban J connectivity index is 1.16. The highest BCUT2D eigenvalue weighted by Crippen LogP contribution is 2.55. The normalized spacial score (nSPS) is 18.4. The van der Waals surface area contributed by atoms with Crippen molar-refractivity contribution in [3.63, 3.8) is 0 Å². The lowest BCUT2D eigenvalue weighted by molar-refractivity contribution is 0.435. The van der Waals surface area contributed by atoms with Gasteiger partial charge in [-0.2, -0.15) is 5.26 Å². The van der Waals surface area contributed by atoms with E-state index in [1.54, 1.807) is 0 Å². The van der Waals surface area contributed by atoms with Crippen LogP contribution in [0.15, 0.2) is 203 Å². The predicted octanol–water partition coefficient (Wildman–Crippen LogP) is 11.0. The standard InChI is InChI=1S/C50H33N3O/c51-32-33-11-9-12-36(27-33)38-28-39(30-40(29-38)45-25-23-35-21-20-34-13-10-26-52-48(34)49(35)53-45)37-22-24-44-47(31-37)54-46-19-8-7-18-43(46)50(44,41-14-3-1-4-15-41)42-16-5-2-6-17-42/h1-31,48-49H. The molecule has 4 nitrogen and oxygen atoms in total. The number of allylic oxidation sites excluding steroid dienone is 4. The van der Waals surface area contributed by atoms with Gasteiger partial charge in [0.25, 0.3) is 0 Å². The summed E-state index contributed by atoms with van der Waals surface area (Å²) in [6, 6.07) is 53.1. The Hall–Kier alpha value is -7.09. The molecular weight excluding hydrogens is 659 g/mol. The molecule has 2 unspecified atom stereocenters. The number of nitriles is 1. The topological polar surface area (TPSA) is 57.7 Å². The smallest absolute Gasteiger partial charge is 0.132 e. The fourth-order valence-electron chi connectivity index (χ4n) is 8.48. The second-order valence-electron chi connectivity index (χ2n) is 14.0. The summed E-state index contributed by atoms with van der Waals surface area (Å²) in [6.07, 6.45) is 14.6. The maximum absolute atomic E-state index is 9.78. The summed E-state index contributed by atoms with van der Waals surface area (Å²) in [5.41, 5.74) is 12.8. The molecule has 2 atom stereocenters. The summed E-state index contributed by atoms with van der Waals surface area (Å²) in [5, 5.41) is 9.78. The van der Waals surface area contributed by atoms with E-state index < -0.39 is 5.41 Å². The van der Waals surface area contributed by atoms with E-state index in [1.807, 2.05) is 36.6 Å². The Labute approximate surface area is 314 Å². The lowest BCUT2D eigenvalue weighted by Crippen LogP contribution is -2.34. The van der Waals surface area contributed by atoms with E-state index >= 15 is 0 Å². The number of nitrogens with zero attached hydrogens (tertiary/aromatic N) is 3. The van der Waals surface area contributed by atoms with E-state index in [4.69, 9.17) is 14.7 Å². The van der Waals surface area contributed by atoms with Gasteiger partial charge in [-0.1, -0.05) is 127 Å². The predicted molar refractivity (Wildman–Crippen MR) is 217 cm³/mol. The van der Waals surface area contributed by atoms with Crippen molar-refractivity contribution in [3.8, 4) is 39.8 Å². The van der Waals surface area contributed by atoms with Gasteiger partial charge < -0.3 is 4.74 Å². The highest BCUT2D eigenvalue weighted by atomic mass is 16.5. The Morgan fingerprint density at radius 2 is 1.20 bits per heavy atom. The Kier molecular flexibility index (Phi) is 7.52. The minimum absolute atomic E-state index is 0.0416. The van der Waals surface area contributed by atoms with Crippen LogP contribution >= 0.6 is 0 Å². The number of rotatable bonds is 5. The molecule has 6 aromatic carbocycles. The van der Waals surface area contributed by atoms with Crippen LogP contribution in [0.4, 0.5) is 0 Å². The maximum atomic E-state index is 9.78. The fraction of sp³-hybridized carbons (Fsp3) is 0.0600. The van der Waals surface area contributed by atoms with Crippen molar-refractivity contribution in [2.24, 2.45) is 9.98 Å². The van der Waals surface area contributed by atoms with Crippen molar-refractivity contribution < 1.29 is 4.74 Å². The monoisotopic (exact) mass is 691 g/mol. The number of dihydropyridines is 2. The van der Waals surface area contributed by atoms with Crippen molar-refractivity contribution in [1.82, 2.24) is 0 Å². The van der Waals surface area contributed by atoms with Crippen molar-refractivity contribution >= 4 is 11.9 Å². The molecule has 0 radical (unpaired) electrons. The lowest BCUT2D eigenvalue weighted by atomic mass is 9.63. The molecule has 4 heteroatoms. The summed E-state index contributed by atoms with van der Waals surface area (Å²) in [7, 11) is 0. The van der Waals surface area contributed by atoms with Gasteiger partial charge in [0.15, 0.2) is 0 Å². The second-order valence-corrected chi connectivity index (χ2v) is 14.0. The van der Waals surface area contributed by atoms with Crippen molar-refractivity contribution in [2.45, 2.75) is 17.5 Å². The maximum Gasteiger partial charge on any atom is 0.132 e. The van der Waals surface area contributed by atoms with Crippen LogP contribution in [0.5, 0.6) is 11.5 Å². The first-order valence-electron chi connectivity index (χ1n) is 18.3. The summed E-state index contributed by atoms with van der Waals surface area (Å²) in [4.78, 5) is 10.2. The minimum Gasteiger partial charge on any atom is -0.457 e. The molecule has 0 fully saturated rings. The number of hydrogen-bond donors (Lipinski definition) is 0. The van der Waals surface area contributed by atoms with Gasteiger partial charge in [0.1, 0.15) is 23.6 Å². The van der Waals surface area contributed by atoms with Crippen LogP contribution in [0, 0.1) is 11.3 Å². The molecule has 0 saturated heterocycles. The van der Waals surface area contributed by atoms with Crippen LogP contribution in [-0.4, -0.2) is 24.0 Å². The van der Waals surface area contributed by atoms with Gasteiger partial charge in [0.05, 0.1) is 22.8 Å². The van der Waals surface area contributed by atoms with Gasteiger partial charge in [0, 0.05) is 22.9 Å². The summed E-state index contributed by atoms with van der Waals surface area (Å²) in [6.45, 7) is 0. The van der Waals surface area contributed by atoms with Crippen molar-refractivity contribution in [1.29, 1.82) is 5.26 Å². The van der Waals surface area contributed by atoms with Crippen LogP contribution < -0.4 is 4.74 Å². The molecule has 0 bridgehead atoms. The first-order valence-corrected chi connectivity index (χ1v) is 18.3. The summed E-state index contributed by atoms with van der Waals surface area (Å²) >= 11 is 0. The summed E-state index contributed by atoms with van der Waals surface area (Å²) < 4.78 is 6.84. The van der Waals surface area contributed by atoms with E-state index in [9.17, 15) is 5.26 Å². The minimum atomic E-state index is -0.590. The second kappa shape index (κ2) is 12.8. The van der Waals surface area contributed by atoms with Crippen LogP contribution in [0.2, 0.25) is 0 Å². The van der Waals surface area contributed by atoms with Gasteiger partial charge in [-0.05, 0) is 99.1 Å².